The Bertz CT molecular complexity index is 529. The largest absolute Gasteiger partial charge is 0.356 e. The van der Waals surface area contributed by atoms with Gasteiger partial charge in [-0.05, 0) is 70.5 Å². The zero-order chi connectivity index (χ0) is 19.2. The Labute approximate surface area is 164 Å². The second-order valence-corrected chi connectivity index (χ2v) is 8.07. The Hall–Kier alpha value is -0.790. The first-order chi connectivity index (χ1) is 13.1. The topological polar surface area (TPSA) is 57.5 Å². The van der Waals surface area contributed by atoms with E-state index in [0.717, 1.165) is 45.4 Å². The fraction of sp³-hybridized carbons (Fsp3) is 0.857. The Morgan fingerprint density at radius 2 is 1.96 bits per heavy atom. The summed E-state index contributed by atoms with van der Waals surface area (Å²) in [5, 5.41) is 10.1. The number of hydrogen-bond donors (Lipinski definition) is 1. The number of hydrogen-bond acceptors (Lipinski definition) is 6. The number of methoxy groups -OCH3 is 1. The average molecular weight is 380 g/mol. The summed E-state index contributed by atoms with van der Waals surface area (Å²) in [4.78, 5) is 9.31. The van der Waals surface area contributed by atoms with Gasteiger partial charge in [-0.25, -0.2) is 0 Å². The van der Waals surface area contributed by atoms with Gasteiger partial charge in [-0.1, -0.05) is 5.57 Å². The van der Waals surface area contributed by atoms with Crippen LogP contribution in [-0.2, 0) is 9.47 Å². The summed E-state index contributed by atoms with van der Waals surface area (Å²) < 4.78 is 11.0. The molecule has 0 saturated carbocycles. The maximum Gasteiger partial charge on any atom is 0.216 e. The molecule has 0 spiro atoms. The summed E-state index contributed by atoms with van der Waals surface area (Å²) >= 11 is 0. The molecule has 3 heterocycles. The lowest BCUT2D eigenvalue weighted by Crippen LogP contribution is -2.43. The molecule has 6 nitrogen and oxygen atoms in total. The number of ether oxygens (including phenoxy) is 2. The number of rotatable bonds is 6. The summed E-state index contributed by atoms with van der Waals surface area (Å²) in [6, 6.07) is 0.627. The van der Waals surface area contributed by atoms with E-state index in [2.05, 4.69) is 21.7 Å². The zero-order valence-electron chi connectivity index (χ0n) is 17.3. The van der Waals surface area contributed by atoms with Crippen LogP contribution >= 0.6 is 0 Å². The van der Waals surface area contributed by atoms with E-state index in [1.807, 2.05) is 13.1 Å². The third-order valence-corrected chi connectivity index (χ3v) is 6.47. The van der Waals surface area contributed by atoms with Crippen molar-refractivity contribution in [3.63, 3.8) is 0 Å². The van der Waals surface area contributed by atoms with Gasteiger partial charge in [0.05, 0.1) is 0 Å². The van der Waals surface area contributed by atoms with Crippen LogP contribution in [0.2, 0.25) is 0 Å². The van der Waals surface area contributed by atoms with Crippen LogP contribution in [0.3, 0.4) is 0 Å². The monoisotopic (exact) mass is 379 g/mol. The van der Waals surface area contributed by atoms with E-state index in [1.54, 1.807) is 7.11 Å². The van der Waals surface area contributed by atoms with Crippen LogP contribution in [0, 0.1) is 5.92 Å². The first-order valence-corrected chi connectivity index (χ1v) is 10.7. The van der Waals surface area contributed by atoms with Gasteiger partial charge in [0.2, 0.25) is 6.41 Å². The van der Waals surface area contributed by atoms with E-state index < -0.39 is 6.41 Å². The number of aliphatic imine (C=N–C) groups is 1. The van der Waals surface area contributed by atoms with Crippen LogP contribution < -0.4 is 0 Å². The normalized spacial score (nSPS) is 30.5. The SMILES string of the molecule is CCOC(O)N1CCCC(N2CCC(C3=C(C)CC=NC3OC)CC2)CC1. The highest BCUT2D eigenvalue weighted by Gasteiger charge is 2.32. The summed E-state index contributed by atoms with van der Waals surface area (Å²) in [6.45, 7) is 8.86. The highest BCUT2D eigenvalue weighted by Crippen LogP contribution is 2.34. The van der Waals surface area contributed by atoms with Crippen LogP contribution in [0.4, 0.5) is 0 Å². The highest BCUT2D eigenvalue weighted by molar-refractivity contribution is 5.64. The lowest BCUT2D eigenvalue weighted by atomic mass is 9.83. The molecule has 2 fully saturated rings. The van der Waals surface area contributed by atoms with Crippen molar-refractivity contribution in [1.29, 1.82) is 0 Å². The summed E-state index contributed by atoms with van der Waals surface area (Å²) in [5.41, 5.74) is 2.89. The molecule has 3 aliphatic heterocycles. The van der Waals surface area contributed by atoms with E-state index in [-0.39, 0.29) is 6.23 Å². The Balaban J connectivity index is 1.52. The predicted molar refractivity (Wildman–Crippen MR) is 108 cm³/mol. The molecule has 0 aromatic heterocycles. The van der Waals surface area contributed by atoms with E-state index in [0.29, 0.717) is 18.6 Å². The second-order valence-electron chi connectivity index (χ2n) is 8.07. The minimum atomic E-state index is -0.743. The third kappa shape index (κ3) is 5.18. The number of aliphatic hydroxyl groups excluding tert-OH is 1. The molecule has 3 aliphatic rings. The van der Waals surface area contributed by atoms with Crippen LogP contribution in [0.1, 0.15) is 52.4 Å². The molecule has 0 amide bonds. The highest BCUT2D eigenvalue weighted by atomic mass is 16.6. The summed E-state index contributed by atoms with van der Waals surface area (Å²) in [5.74, 6) is 0.603. The first kappa shape index (κ1) is 20.9. The maximum absolute atomic E-state index is 10.1. The summed E-state index contributed by atoms with van der Waals surface area (Å²) in [6.07, 6.45) is 8.00. The van der Waals surface area contributed by atoms with Crippen molar-refractivity contribution < 1.29 is 14.6 Å². The average Bonchev–Trinajstić information content (AvgIpc) is 2.94. The lowest BCUT2D eigenvalue weighted by Gasteiger charge is -2.39. The standard InChI is InChI=1S/C21H37N3O3/c1-4-27-21(25)24-12-5-6-18(10-15-24)23-13-8-17(9-14-23)19-16(2)7-11-22-20(19)26-3/h11,17-18,20-21,25H,4-10,12-15H2,1-3H3. The molecule has 6 heteroatoms. The van der Waals surface area contributed by atoms with E-state index in [1.165, 1.54) is 30.4 Å². The molecular weight excluding hydrogens is 342 g/mol. The molecule has 3 atom stereocenters. The summed E-state index contributed by atoms with van der Waals surface area (Å²) in [7, 11) is 1.77. The van der Waals surface area contributed by atoms with Crippen molar-refractivity contribution >= 4 is 6.21 Å². The molecule has 0 bridgehead atoms. The van der Waals surface area contributed by atoms with Gasteiger partial charge in [-0.2, -0.15) is 0 Å². The molecule has 3 unspecified atom stereocenters. The molecule has 27 heavy (non-hydrogen) atoms. The van der Waals surface area contributed by atoms with Gasteiger partial charge in [0.25, 0.3) is 0 Å². The number of likely N-dealkylation sites (tertiary alicyclic amines) is 2. The fourth-order valence-corrected chi connectivity index (χ4v) is 4.95. The minimum absolute atomic E-state index is 0.0678. The van der Waals surface area contributed by atoms with Crippen LogP contribution in [0.25, 0.3) is 0 Å². The maximum atomic E-state index is 10.1. The number of piperidine rings is 1. The number of nitrogens with zero attached hydrogens (tertiary/aromatic N) is 3. The lowest BCUT2D eigenvalue weighted by molar-refractivity contribution is -0.189. The van der Waals surface area contributed by atoms with Gasteiger partial charge in [-0.3, -0.25) is 9.89 Å². The molecule has 2 saturated heterocycles. The van der Waals surface area contributed by atoms with Crippen molar-refractivity contribution in [2.24, 2.45) is 10.9 Å². The Morgan fingerprint density at radius 3 is 2.67 bits per heavy atom. The molecule has 1 N–H and O–H groups in total. The van der Waals surface area contributed by atoms with Gasteiger partial charge in [0.15, 0.2) is 6.23 Å². The number of allylic oxidation sites excluding steroid dienone is 1. The quantitative estimate of drug-likeness (QED) is 0.568. The van der Waals surface area contributed by atoms with E-state index >= 15 is 0 Å². The zero-order valence-corrected chi connectivity index (χ0v) is 17.3. The minimum Gasteiger partial charge on any atom is -0.356 e. The van der Waals surface area contributed by atoms with Crippen molar-refractivity contribution in [2.45, 2.75) is 71.1 Å². The van der Waals surface area contributed by atoms with E-state index in [4.69, 9.17) is 9.47 Å². The van der Waals surface area contributed by atoms with Crippen LogP contribution in [0.5, 0.6) is 0 Å². The van der Waals surface area contributed by atoms with Crippen molar-refractivity contribution in [3.05, 3.63) is 11.1 Å². The number of dihydropyridines is 1. The first-order valence-electron chi connectivity index (χ1n) is 10.7. The molecule has 0 aromatic rings. The Kier molecular flexibility index (Phi) is 7.85. The van der Waals surface area contributed by atoms with Crippen LogP contribution in [-0.4, -0.2) is 79.7 Å². The van der Waals surface area contributed by atoms with Gasteiger partial charge in [-0.15, -0.1) is 0 Å². The second kappa shape index (κ2) is 10.1. The smallest absolute Gasteiger partial charge is 0.216 e. The number of aliphatic hydroxyl groups is 1. The fourth-order valence-electron chi connectivity index (χ4n) is 4.95. The van der Waals surface area contributed by atoms with Crippen molar-refractivity contribution in [3.8, 4) is 0 Å². The van der Waals surface area contributed by atoms with Gasteiger partial charge in [0, 0.05) is 45.5 Å². The van der Waals surface area contributed by atoms with E-state index in [9.17, 15) is 5.11 Å². The molecule has 3 rings (SSSR count). The molecule has 154 valence electrons. The van der Waals surface area contributed by atoms with Gasteiger partial charge >= 0.3 is 0 Å². The van der Waals surface area contributed by atoms with Crippen molar-refractivity contribution in [2.75, 3.05) is 39.9 Å². The van der Waals surface area contributed by atoms with Gasteiger partial charge < -0.3 is 19.5 Å². The van der Waals surface area contributed by atoms with Crippen LogP contribution in [0.15, 0.2) is 16.1 Å². The molecular formula is C21H37N3O3. The van der Waals surface area contributed by atoms with Crippen molar-refractivity contribution in [1.82, 2.24) is 9.80 Å². The molecule has 0 aliphatic carbocycles. The predicted octanol–water partition coefficient (Wildman–Crippen LogP) is 2.63. The third-order valence-electron chi connectivity index (χ3n) is 6.47. The molecule has 0 radical (unpaired) electrons. The molecule has 0 aromatic carbocycles. The Morgan fingerprint density at radius 1 is 1.19 bits per heavy atom. The van der Waals surface area contributed by atoms with Gasteiger partial charge in [0.1, 0.15) is 0 Å².